The van der Waals surface area contributed by atoms with Crippen LogP contribution in [0.1, 0.15) is 36.4 Å². The summed E-state index contributed by atoms with van der Waals surface area (Å²) in [4.78, 5) is 2.27. The standard InChI is InChI=1S/C16H20ClF3N2.2ClH/c17-14-4-3-12(16(18,19)20)10-13(14)15(9-11-1-2-11)22-7-5-21-6-8-22;;/h3-4,10-11,15,21H,1-2,5-9H2;2*1H/t15-;;/m1../s1. The molecule has 0 spiro atoms. The topological polar surface area (TPSA) is 15.3 Å². The Kier molecular flexibility index (Phi) is 8.14. The van der Waals surface area contributed by atoms with Crippen molar-refractivity contribution in [2.75, 3.05) is 26.2 Å². The summed E-state index contributed by atoms with van der Waals surface area (Å²) in [7, 11) is 0. The molecule has 1 saturated heterocycles. The van der Waals surface area contributed by atoms with Crippen LogP contribution in [-0.2, 0) is 6.18 Å². The number of rotatable bonds is 4. The third-order valence-corrected chi connectivity index (χ3v) is 4.87. The molecule has 1 N–H and O–H groups in total. The maximum atomic E-state index is 13.0. The van der Waals surface area contributed by atoms with E-state index in [1.54, 1.807) is 0 Å². The van der Waals surface area contributed by atoms with E-state index in [0.717, 1.165) is 38.7 Å². The largest absolute Gasteiger partial charge is 0.416 e. The average molecular weight is 406 g/mol. The highest BCUT2D eigenvalue weighted by molar-refractivity contribution is 6.31. The molecule has 1 aliphatic carbocycles. The van der Waals surface area contributed by atoms with Gasteiger partial charge in [0, 0.05) is 37.2 Å². The number of benzene rings is 1. The van der Waals surface area contributed by atoms with Crippen molar-refractivity contribution in [3.8, 4) is 0 Å². The normalized spacial score (nSPS) is 20.0. The van der Waals surface area contributed by atoms with Crippen LogP contribution in [0.2, 0.25) is 5.02 Å². The van der Waals surface area contributed by atoms with Gasteiger partial charge in [0.05, 0.1) is 5.56 Å². The maximum Gasteiger partial charge on any atom is 0.416 e. The number of hydrogen-bond donors (Lipinski definition) is 1. The molecule has 1 saturated carbocycles. The fourth-order valence-electron chi connectivity index (χ4n) is 3.11. The Morgan fingerprint density at radius 2 is 1.79 bits per heavy atom. The lowest BCUT2D eigenvalue weighted by molar-refractivity contribution is -0.137. The van der Waals surface area contributed by atoms with Crippen molar-refractivity contribution < 1.29 is 13.2 Å². The van der Waals surface area contributed by atoms with Crippen molar-refractivity contribution in [3.05, 3.63) is 34.3 Å². The highest BCUT2D eigenvalue weighted by Gasteiger charge is 2.35. The molecule has 0 radical (unpaired) electrons. The van der Waals surface area contributed by atoms with Gasteiger partial charge in [-0.1, -0.05) is 24.4 Å². The van der Waals surface area contributed by atoms with Crippen LogP contribution in [-0.4, -0.2) is 31.1 Å². The van der Waals surface area contributed by atoms with Gasteiger partial charge in [-0.25, -0.2) is 0 Å². The smallest absolute Gasteiger partial charge is 0.314 e. The minimum atomic E-state index is -4.33. The predicted molar refractivity (Wildman–Crippen MR) is 95.5 cm³/mol. The van der Waals surface area contributed by atoms with Gasteiger partial charge in [0.2, 0.25) is 0 Å². The van der Waals surface area contributed by atoms with E-state index in [0.29, 0.717) is 16.5 Å². The Balaban J connectivity index is 0.00000144. The second-order valence-electron chi connectivity index (χ2n) is 6.21. The Hall–Kier alpha value is -0.200. The molecule has 0 unspecified atom stereocenters. The monoisotopic (exact) mass is 404 g/mol. The van der Waals surface area contributed by atoms with Gasteiger partial charge in [0.1, 0.15) is 0 Å². The molecule has 138 valence electrons. The van der Waals surface area contributed by atoms with E-state index < -0.39 is 11.7 Å². The fraction of sp³-hybridized carbons (Fsp3) is 0.625. The van der Waals surface area contributed by atoms with Crippen molar-refractivity contribution in [2.24, 2.45) is 5.92 Å². The number of nitrogens with zero attached hydrogens (tertiary/aromatic N) is 1. The number of alkyl halides is 3. The summed E-state index contributed by atoms with van der Waals surface area (Å²) in [6.45, 7) is 3.45. The maximum absolute atomic E-state index is 13.0. The highest BCUT2D eigenvalue weighted by atomic mass is 35.5. The average Bonchev–Trinajstić information content (AvgIpc) is 3.29. The lowest BCUT2D eigenvalue weighted by Crippen LogP contribution is -2.45. The first-order chi connectivity index (χ1) is 10.4. The highest BCUT2D eigenvalue weighted by Crippen LogP contribution is 2.43. The van der Waals surface area contributed by atoms with E-state index in [2.05, 4.69) is 10.2 Å². The Morgan fingerprint density at radius 3 is 2.33 bits per heavy atom. The van der Waals surface area contributed by atoms with Crippen LogP contribution in [0.25, 0.3) is 0 Å². The Bertz CT molecular complexity index is 530. The Labute approximate surface area is 157 Å². The van der Waals surface area contributed by atoms with Crippen molar-refractivity contribution in [2.45, 2.75) is 31.5 Å². The number of hydrogen-bond acceptors (Lipinski definition) is 2. The SMILES string of the molecule is Cl.Cl.FC(F)(F)c1ccc(Cl)c([C@@H](CC2CC2)N2CCNCC2)c1. The van der Waals surface area contributed by atoms with E-state index in [9.17, 15) is 13.2 Å². The van der Waals surface area contributed by atoms with Crippen LogP contribution in [0.3, 0.4) is 0 Å². The minimum absolute atomic E-state index is 0. The number of nitrogens with one attached hydrogen (secondary N) is 1. The third-order valence-electron chi connectivity index (χ3n) is 4.53. The van der Waals surface area contributed by atoms with E-state index in [1.807, 2.05) is 0 Å². The molecule has 0 amide bonds. The zero-order valence-electron chi connectivity index (χ0n) is 13.1. The molecule has 0 aromatic heterocycles. The molecule has 1 aliphatic heterocycles. The number of piperazine rings is 1. The van der Waals surface area contributed by atoms with Gasteiger partial charge >= 0.3 is 6.18 Å². The molecule has 1 aromatic carbocycles. The van der Waals surface area contributed by atoms with Crippen LogP contribution in [0.4, 0.5) is 13.2 Å². The van der Waals surface area contributed by atoms with Crippen LogP contribution in [0.15, 0.2) is 18.2 Å². The quantitative estimate of drug-likeness (QED) is 0.762. The summed E-state index contributed by atoms with van der Waals surface area (Å²) in [6.07, 6.45) is -1.06. The van der Waals surface area contributed by atoms with Crippen LogP contribution in [0, 0.1) is 5.92 Å². The first kappa shape index (κ1) is 21.8. The van der Waals surface area contributed by atoms with Crippen molar-refractivity contribution in [1.82, 2.24) is 10.2 Å². The van der Waals surface area contributed by atoms with Gasteiger partial charge in [0.15, 0.2) is 0 Å². The van der Waals surface area contributed by atoms with Crippen molar-refractivity contribution >= 4 is 36.4 Å². The lowest BCUT2D eigenvalue weighted by atomic mass is 9.96. The number of halogens is 6. The van der Waals surface area contributed by atoms with E-state index in [-0.39, 0.29) is 30.9 Å². The molecular formula is C16H22Cl3F3N2. The van der Waals surface area contributed by atoms with E-state index >= 15 is 0 Å². The first-order valence-electron chi connectivity index (χ1n) is 7.76. The van der Waals surface area contributed by atoms with Crippen LogP contribution >= 0.6 is 36.4 Å². The molecule has 1 aromatic rings. The molecule has 1 heterocycles. The van der Waals surface area contributed by atoms with Crippen molar-refractivity contribution in [1.29, 1.82) is 0 Å². The van der Waals surface area contributed by atoms with Crippen molar-refractivity contribution in [3.63, 3.8) is 0 Å². The minimum Gasteiger partial charge on any atom is -0.314 e. The molecule has 24 heavy (non-hydrogen) atoms. The summed E-state index contributed by atoms with van der Waals surface area (Å²) < 4.78 is 39.0. The van der Waals surface area contributed by atoms with Gasteiger partial charge in [-0.05, 0) is 36.1 Å². The predicted octanol–water partition coefficient (Wildman–Crippen LogP) is 4.95. The summed E-state index contributed by atoms with van der Waals surface area (Å²) in [5.41, 5.74) is 0.0214. The zero-order valence-corrected chi connectivity index (χ0v) is 15.5. The summed E-state index contributed by atoms with van der Waals surface area (Å²) in [6, 6.07) is 3.70. The third kappa shape index (κ3) is 5.40. The molecule has 2 nitrogen and oxygen atoms in total. The second-order valence-corrected chi connectivity index (χ2v) is 6.62. The van der Waals surface area contributed by atoms with Gasteiger partial charge in [-0.2, -0.15) is 13.2 Å². The molecule has 2 aliphatic rings. The molecule has 1 atom stereocenters. The van der Waals surface area contributed by atoms with Crippen LogP contribution in [0.5, 0.6) is 0 Å². The zero-order chi connectivity index (χ0) is 15.7. The van der Waals surface area contributed by atoms with Gasteiger partial charge < -0.3 is 5.32 Å². The van der Waals surface area contributed by atoms with E-state index in [1.165, 1.54) is 25.0 Å². The Morgan fingerprint density at radius 1 is 1.17 bits per heavy atom. The van der Waals surface area contributed by atoms with Gasteiger partial charge in [-0.3, -0.25) is 4.90 Å². The lowest BCUT2D eigenvalue weighted by Gasteiger charge is -2.36. The second kappa shape index (κ2) is 8.95. The molecule has 3 rings (SSSR count). The molecule has 0 bridgehead atoms. The fourth-order valence-corrected chi connectivity index (χ4v) is 3.35. The van der Waals surface area contributed by atoms with Gasteiger partial charge in [-0.15, -0.1) is 24.8 Å². The molecular weight excluding hydrogens is 384 g/mol. The summed E-state index contributed by atoms with van der Waals surface area (Å²) in [5.74, 6) is 0.630. The summed E-state index contributed by atoms with van der Waals surface area (Å²) >= 11 is 6.25. The summed E-state index contributed by atoms with van der Waals surface area (Å²) in [5, 5.41) is 3.73. The van der Waals surface area contributed by atoms with Crippen LogP contribution < -0.4 is 5.32 Å². The van der Waals surface area contributed by atoms with Gasteiger partial charge in [0.25, 0.3) is 0 Å². The van der Waals surface area contributed by atoms with E-state index in [4.69, 9.17) is 11.6 Å². The molecule has 2 fully saturated rings. The first-order valence-corrected chi connectivity index (χ1v) is 8.14. The molecule has 8 heteroatoms.